The van der Waals surface area contributed by atoms with Gasteiger partial charge >= 0.3 is 0 Å². The van der Waals surface area contributed by atoms with Crippen molar-refractivity contribution in [3.8, 4) is 0 Å². The molecule has 2 fully saturated rings. The molecule has 0 amide bonds. The van der Waals surface area contributed by atoms with Gasteiger partial charge in [-0.05, 0) is 6.92 Å². The molecular weight excluding hydrogens is 160 g/mol. The molecule has 2 aliphatic rings. The van der Waals surface area contributed by atoms with E-state index in [2.05, 4.69) is 5.11 Å². The fraction of sp³-hybridized carbons (Fsp3) is 1.00. The second kappa shape index (κ2) is 2.67. The number of ether oxygens (including phenoxy) is 3. The second-order valence-electron chi connectivity index (χ2n) is 3.46. The van der Waals surface area contributed by atoms with Crippen molar-refractivity contribution in [1.29, 1.82) is 1.43 Å². The minimum Gasteiger partial charge on any atom is -0.393 e. The van der Waals surface area contributed by atoms with E-state index < -0.39 is 5.60 Å². The standard InChI is InChI=1S/C8H14O4/c1-5-6-7(10-2)8(3-9,12-5)4-11-6/h5-7,9H,3-4H2,1-2H3/t5-,6-,7-,8-/m0/s1/i9T. The largest absolute Gasteiger partial charge is 0.393 e. The summed E-state index contributed by atoms with van der Waals surface area (Å²) in [5.74, 6) is 0. The van der Waals surface area contributed by atoms with Crippen LogP contribution in [-0.2, 0) is 14.2 Å². The number of hydrogen-bond donors (Lipinski definition) is 1. The molecule has 4 nitrogen and oxygen atoms in total. The topological polar surface area (TPSA) is 47.9 Å². The SMILES string of the molecule is [3H]OC[C@@]12CO[C@@H]([C@H](C)O1)[C@@H]2OC. The zero-order valence-electron chi connectivity index (χ0n) is 8.28. The Balaban J connectivity index is 2.17. The van der Waals surface area contributed by atoms with Crippen molar-refractivity contribution in [1.82, 2.24) is 0 Å². The molecule has 0 saturated carbocycles. The van der Waals surface area contributed by atoms with Gasteiger partial charge in [-0.3, -0.25) is 0 Å². The van der Waals surface area contributed by atoms with Crippen LogP contribution in [0.15, 0.2) is 0 Å². The van der Waals surface area contributed by atoms with Crippen LogP contribution in [0.5, 0.6) is 0 Å². The van der Waals surface area contributed by atoms with Crippen molar-refractivity contribution in [2.45, 2.75) is 30.8 Å². The van der Waals surface area contributed by atoms with Gasteiger partial charge in [-0.15, -0.1) is 0 Å². The predicted octanol–water partition coefficient (Wildman–Crippen LogP) is -0.450. The van der Waals surface area contributed by atoms with E-state index in [0.717, 1.165) is 0 Å². The highest BCUT2D eigenvalue weighted by molar-refractivity contribution is 5.07. The van der Waals surface area contributed by atoms with E-state index in [1.54, 1.807) is 7.11 Å². The van der Waals surface area contributed by atoms with E-state index in [1.807, 2.05) is 6.92 Å². The van der Waals surface area contributed by atoms with Crippen LogP contribution in [0.25, 0.3) is 0 Å². The van der Waals surface area contributed by atoms with Gasteiger partial charge in [0, 0.05) is 7.11 Å². The molecule has 2 heterocycles. The molecule has 2 bridgehead atoms. The van der Waals surface area contributed by atoms with Crippen LogP contribution in [0.3, 0.4) is 0 Å². The van der Waals surface area contributed by atoms with E-state index in [4.69, 9.17) is 15.6 Å². The molecule has 2 aliphatic heterocycles. The smallest absolute Gasteiger partial charge is 0.210 e. The lowest BCUT2D eigenvalue weighted by atomic mass is 10.00. The molecule has 0 aromatic carbocycles. The minimum absolute atomic E-state index is 0.0138. The van der Waals surface area contributed by atoms with Crippen LogP contribution < -0.4 is 0 Å². The number of rotatable bonds is 3. The minimum atomic E-state index is -0.555. The maximum atomic E-state index is 6.75. The summed E-state index contributed by atoms with van der Waals surface area (Å²) in [6, 6.07) is 0. The van der Waals surface area contributed by atoms with E-state index >= 15 is 0 Å². The van der Waals surface area contributed by atoms with Crippen LogP contribution in [0.2, 0.25) is 0 Å². The van der Waals surface area contributed by atoms with Gasteiger partial charge in [-0.2, -0.15) is 0 Å². The lowest BCUT2D eigenvalue weighted by molar-refractivity contribution is -0.156. The number of aliphatic hydroxyl groups excluding tert-OH is 1. The Kier molecular flexibility index (Phi) is 1.61. The molecule has 0 spiro atoms. The van der Waals surface area contributed by atoms with Crippen LogP contribution in [0.1, 0.15) is 6.92 Å². The number of aliphatic hydroxyl groups is 1. The van der Waals surface area contributed by atoms with Crippen LogP contribution in [0.4, 0.5) is 0 Å². The molecular formula is C8H14O4. The van der Waals surface area contributed by atoms with Crippen LogP contribution in [-0.4, -0.2) is 50.8 Å². The Morgan fingerprint density at radius 3 is 3.25 bits per heavy atom. The first-order valence-corrected chi connectivity index (χ1v) is 4.14. The lowest BCUT2D eigenvalue weighted by Gasteiger charge is -2.27. The molecule has 4 atom stereocenters. The van der Waals surface area contributed by atoms with E-state index in [0.29, 0.717) is 6.61 Å². The number of fused-ring (bicyclic) bond motifs is 2. The van der Waals surface area contributed by atoms with Gasteiger partial charge in [-0.25, -0.2) is 0 Å². The average molecular weight is 176 g/mol. The molecule has 2 saturated heterocycles. The predicted molar refractivity (Wildman–Crippen MR) is 40.9 cm³/mol. The Labute approximate surface area is 72.9 Å². The third-order valence-corrected chi connectivity index (χ3v) is 2.72. The van der Waals surface area contributed by atoms with Gasteiger partial charge < -0.3 is 19.3 Å². The zero-order chi connectivity index (χ0) is 9.47. The summed E-state index contributed by atoms with van der Waals surface area (Å²) >= 11 is 0. The molecule has 0 radical (unpaired) electrons. The maximum Gasteiger partial charge on any atom is 0.210 e. The molecule has 4 heteroatoms. The summed E-state index contributed by atoms with van der Waals surface area (Å²) in [5, 5.41) is 4.39. The van der Waals surface area contributed by atoms with Crippen molar-refractivity contribution >= 4 is 0 Å². The van der Waals surface area contributed by atoms with Gasteiger partial charge in [0.25, 0.3) is 0 Å². The van der Waals surface area contributed by atoms with E-state index in [9.17, 15) is 0 Å². The third-order valence-electron chi connectivity index (χ3n) is 2.72. The quantitative estimate of drug-likeness (QED) is 0.632. The number of hydrogen-bond acceptors (Lipinski definition) is 4. The van der Waals surface area contributed by atoms with E-state index in [1.165, 1.54) is 0 Å². The summed E-state index contributed by atoms with van der Waals surface area (Å²) in [5.41, 5.74) is -0.555. The van der Waals surface area contributed by atoms with Crippen LogP contribution in [0, 0.1) is 0 Å². The monoisotopic (exact) mass is 176 g/mol. The first kappa shape index (κ1) is 7.26. The summed E-state index contributed by atoms with van der Waals surface area (Å²) in [7, 11) is 1.63. The normalized spacial score (nSPS) is 52.8. The summed E-state index contributed by atoms with van der Waals surface area (Å²) in [6.45, 7) is 2.60. The van der Waals surface area contributed by atoms with Crippen molar-refractivity contribution in [3.63, 3.8) is 0 Å². The first-order valence-electron chi connectivity index (χ1n) is 4.54. The van der Waals surface area contributed by atoms with E-state index in [-0.39, 0.29) is 24.9 Å². The fourth-order valence-electron chi connectivity index (χ4n) is 2.13. The van der Waals surface area contributed by atoms with Crippen molar-refractivity contribution in [2.75, 3.05) is 20.3 Å². The molecule has 0 unspecified atom stereocenters. The Morgan fingerprint density at radius 1 is 1.83 bits per heavy atom. The average Bonchev–Trinajstić information content (AvgIpc) is 2.55. The number of methoxy groups -OCH3 is 1. The third kappa shape index (κ3) is 0.864. The van der Waals surface area contributed by atoms with Gasteiger partial charge in [0.2, 0.25) is 1.43 Å². The summed E-state index contributed by atoms with van der Waals surface area (Å²) in [6.07, 6.45) is -0.0955. The maximum absolute atomic E-state index is 6.75. The molecule has 0 aliphatic carbocycles. The molecule has 2 rings (SSSR count). The van der Waals surface area contributed by atoms with Crippen molar-refractivity contribution in [2.24, 2.45) is 0 Å². The highest BCUT2D eigenvalue weighted by atomic mass is 16.7. The lowest BCUT2D eigenvalue weighted by Crippen LogP contribution is -2.45. The highest BCUT2D eigenvalue weighted by Gasteiger charge is 2.60. The van der Waals surface area contributed by atoms with Gasteiger partial charge in [0.15, 0.2) is 0 Å². The van der Waals surface area contributed by atoms with Gasteiger partial charge in [-0.1, -0.05) is 0 Å². The Bertz CT molecular complexity index is 201. The summed E-state index contributed by atoms with van der Waals surface area (Å²) < 4.78 is 23.3. The first-order chi connectivity index (χ1) is 6.23. The molecule has 12 heavy (non-hydrogen) atoms. The van der Waals surface area contributed by atoms with Crippen molar-refractivity contribution < 1.29 is 19.3 Å². The molecule has 0 aromatic rings. The Hall–Kier alpha value is -0.160. The highest BCUT2D eigenvalue weighted by Crippen LogP contribution is 2.40. The Morgan fingerprint density at radius 2 is 2.67 bits per heavy atom. The summed E-state index contributed by atoms with van der Waals surface area (Å²) in [4.78, 5) is 0. The van der Waals surface area contributed by atoms with Crippen molar-refractivity contribution in [3.05, 3.63) is 0 Å². The van der Waals surface area contributed by atoms with Crippen LogP contribution >= 0.6 is 0 Å². The van der Waals surface area contributed by atoms with Gasteiger partial charge in [0.05, 0.1) is 19.3 Å². The molecule has 0 aromatic heterocycles. The van der Waals surface area contributed by atoms with Gasteiger partial charge in [0.1, 0.15) is 17.8 Å². The second-order valence-corrected chi connectivity index (χ2v) is 3.46. The molecule has 70 valence electrons. The fourth-order valence-corrected chi connectivity index (χ4v) is 2.13. The molecule has 1 N–H and O–H groups in total. The zero-order valence-corrected chi connectivity index (χ0v) is 7.28.